The van der Waals surface area contributed by atoms with Crippen LogP contribution in [0.25, 0.3) is 0 Å². The molecule has 5 heteroatoms. The average molecular weight is 317 g/mol. The summed E-state index contributed by atoms with van der Waals surface area (Å²) in [6.45, 7) is 4.02. The quantitative estimate of drug-likeness (QED) is 0.754. The Morgan fingerprint density at radius 1 is 1.13 bits per heavy atom. The van der Waals surface area contributed by atoms with Gasteiger partial charge < -0.3 is 16.0 Å². The Labute approximate surface area is 138 Å². The number of carbonyl (C=O) groups excluding carboxylic acids is 2. The van der Waals surface area contributed by atoms with Crippen molar-refractivity contribution in [2.45, 2.75) is 58.4 Å². The fourth-order valence-corrected chi connectivity index (χ4v) is 2.81. The van der Waals surface area contributed by atoms with Crippen molar-refractivity contribution in [3.63, 3.8) is 0 Å². The van der Waals surface area contributed by atoms with Gasteiger partial charge in [0.05, 0.1) is 6.54 Å². The third-order valence-corrected chi connectivity index (χ3v) is 4.26. The second-order valence-electron chi connectivity index (χ2n) is 6.19. The molecule has 0 spiro atoms. The maximum Gasteiger partial charge on any atom is 0.239 e. The molecule has 1 aliphatic rings. The van der Waals surface area contributed by atoms with E-state index < -0.39 is 0 Å². The number of hydrogen-bond donors (Lipinski definition) is 3. The molecule has 0 aromatic heterocycles. The predicted octanol–water partition coefficient (Wildman–Crippen LogP) is 3.20. The molecule has 3 N–H and O–H groups in total. The largest absolute Gasteiger partial charge is 0.376 e. The van der Waals surface area contributed by atoms with Gasteiger partial charge in [0.1, 0.15) is 0 Å². The molecule has 1 saturated carbocycles. The molecular weight excluding hydrogens is 290 g/mol. The zero-order valence-corrected chi connectivity index (χ0v) is 14.1. The fraction of sp³-hybridized carbons (Fsp3) is 0.556. The summed E-state index contributed by atoms with van der Waals surface area (Å²) >= 11 is 0. The molecule has 5 nitrogen and oxygen atoms in total. The summed E-state index contributed by atoms with van der Waals surface area (Å²) in [5.41, 5.74) is 2.62. The lowest BCUT2D eigenvalue weighted by Gasteiger charge is -2.23. The molecule has 23 heavy (non-hydrogen) atoms. The lowest BCUT2D eigenvalue weighted by molar-refractivity contribution is -0.120. The molecule has 0 heterocycles. The van der Waals surface area contributed by atoms with Crippen LogP contribution in [0.1, 0.15) is 51.0 Å². The Morgan fingerprint density at radius 2 is 1.87 bits per heavy atom. The molecule has 0 bridgehead atoms. The number of aryl methyl sites for hydroxylation is 1. The SMILES string of the molecule is CCC(=O)Nc1cc(NCC(=O)NC2CCCCC2)ccc1C. The van der Waals surface area contributed by atoms with Crippen LogP contribution in [0.3, 0.4) is 0 Å². The van der Waals surface area contributed by atoms with Crippen molar-refractivity contribution in [3.8, 4) is 0 Å². The highest BCUT2D eigenvalue weighted by molar-refractivity contribution is 5.92. The van der Waals surface area contributed by atoms with Crippen molar-refractivity contribution in [3.05, 3.63) is 23.8 Å². The van der Waals surface area contributed by atoms with E-state index in [0.717, 1.165) is 29.8 Å². The van der Waals surface area contributed by atoms with E-state index >= 15 is 0 Å². The zero-order chi connectivity index (χ0) is 16.7. The highest BCUT2D eigenvalue weighted by atomic mass is 16.2. The van der Waals surface area contributed by atoms with Gasteiger partial charge in [0, 0.05) is 23.8 Å². The summed E-state index contributed by atoms with van der Waals surface area (Å²) in [5, 5.41) is 9.09. The van der Waals surface area contributed by atoms with Crippen LogP contribution in [-0.2, 0) is 9.59 Å². The summed E-state index contributed by atoms with van der Waals surface area (Å²) in [7, 11) is 0. The van der Waals surface area contributed by atoms with Crippen molar-refractivity contribution < 1.29 is 9.59 Å². The van der Waals surface area contributed by atoms with Gasteiger partial charge in [-0.25, -0.2) is 0 Å². The summed E-state index contributed by atoms with van der Waals surface area (Å²) in [4.78, 5) is 23.6. The molecule has 2 amide bonds. The first-order chi connectivity index (χ1) is 11.1. The number of anilines is 2. The van der Waals surface area contributed by atoms with E-state index in [0.29, 0.717) is 12.5 Å². The molecule has 0 radical (unpaired) electrons. The number of rotatable bonds is 6. The highest BCUT2D eigenvalue weighted by Crippen LogP contribution is 2.20. The minimum Gasteiger partial charge on any atom is -0.376 e. The monoisotopic (exact) mass is 317 g/mol. The molecule has 0 unspecified atom stereocenters. The van der Waals surface area contributed by atoms with E-state index in [4.69, 9.17) is 0 Å². The van der Waals surface area contributed by atoms with E-state index in [2.05, 4.69) is 16.0 Å². The molecule has 0 aliphatic heterocycles. The molecule has 1 aromatic carbocycles. The average Bonchev–Trinajstić information content (AvgIpc) is 2.56. The molecule has 1 aliphatic carbocycles. The number of amides is 2. The lowest BCUT2D eigenvalue weighted by atomic mass is 9.95. The van der Waals surface area contributed by atoms with Crippen molar-refractivity contribution in [2.75, 3.05) is 17.2 Å². The minimum absolute atomic E-state index is 0.0136. The van der Waals surface area contributed by atoms with Crippen LogP contribution < -0.4 is 16.0 Å². The summed E-state index contributed by atoms with van der Waals surface area (Å²) in [5.74, 6) is 0.0110. The van der Waals surface area contributed by atoms with Crippen LogP contribution in [0.4, 0.5) is 11.4 Å². The molecule has 126 valence electrons. The van der Waals surface area contributed by atoms with Crippen LogP contribution in [-0.4, -0.2) is 24.4 Å². The highest BCUT2D eigenvalue weighted by Gasteiger charge is 2.15. The maximum atomic E-state index is 12.0. The normalized spacial score (nSPS) is 15.0. The van der Waals surface area contributed by atoms with Crippen LogP contribution in [0.5, 0.6) is 0 Å². The Bertz CT molecular complexity index is 551. The van der Waals surface area contributed by atoms with E-state index in [9.17, 15) is 9.59 Å². The predicted molar refractivity (Wildman–Crippen MR) is 93.6 cm³/mol. The summed E-state index contributed by atoms with van der Waals surface area (Å²) < 4.78 is 0. The number of hydrogen-bond acceptors (Lipinski definition) is 3. The van der Waals surface area contributed by atoms with E-state index in [1.807, 2.05) is 32.0 Å². The minimum atomic E-state index is -0.0136. The Balaban J connectivity index is 1.85. The Hall–Kier alpha value is -2.04. The van der Waals surface area contributed by atoms with Gasteiger partial charge in [-0.1, -0.05) is 32.3 Å². The second-order valence-corrected chi connectivity index (χ2v) is 6.19. The molecule has 0 saturated heterocycles. The standard InChI is InChI=1S/C18H27N3O2/c1-3-17(22)21-16-11-15(10-9-13(16)2)19-12-18(23)20-14-7-5-4-6-8-14/h9-11,14,19H,3-8,12H2,1-2H3,(H,20,23)(H,21,22). The molecular formula is C18H27N3O2. The third kappa shape index (κ3) is 5.58. The first kappa shape index (κ1) is 17.3. The second kappa shape index (κ2) is 8.56. The zero-order valence-electron chi connectivity index (χ0n) is 14.1. The number of benzene rings is 1. The van der Waals surface area contributed by atoms with Crippen LogP contribution >= 0.6 is 0 Å². The molecule has 1 aromatic rings. The molecule has 1 fully saturated rings. The van der Waals surface area contributed by atoms with Crippen molar-refractivity contribution >= 4 is 23.2 Å². The van der Waals surface area contributed by atoms with Gasteiger partial charge in [-0.05, 0) is 37.5 Å². The Morgan fingerprint density at radius 3 is 2.57 bits per heavy atom. The summed E-state index contributed by atoms with van der Waals surface area (Å²) in [6.07, 6.45) is 6.31. The topological polar surface area (TPSA) is 70.2 Å². The summed E-state index contributed by atoms with van der Waals surface area (Å²) in [6, 6.07) is 6.06. The van der Waals surface area contributed by atoms with Gasteiger partial charge in [0.25, 0.3) is 0 Å². The first-order valence-corrected chi connectivity index (χ1v) is 8.52. The van der Waals surface area contributed by atoms with Crippen molar-refractivity contribution in [2.24, 2.45) is 0 Å². The van der Waals surface area contributed by atoms with Gasteiger partial charge in [0.2, 0.25) is 11.8 Å². The van der Waals surface area contributed by atoms with Gasteiger partial charge in [-0.2, -0.15) is 0 Å². The van der Waals surface area contributed by atoms with Gasteiger partial charge in [-0.15, -0.1) is 0 Å². The molecule has 0 atom stereocenters. The van der Waals surface area contributed by atoms with Crippen molar-refractivity contribution in [1.29, 1.82) is 0 Å². The fourth-order valence-electron chi connectivity index (χ4n) is 2.81. The molecule has 2 rings (SSSR count). The Kier molecular flexibility index (Phi) is 6.44. The van der Waals surface area contributed by atoms with Crippen molar-refractivity contribution in [1.82, 2.24) is 5.32 Å². The number of nitrogens with one attached hydrogen (secondary N) is 3. The van der Waals surface area contributed by atoms with E-state index in [1.165, 1.54) is 19.3 Å². The lowest BCUT2D eigenvalue weighted by Crippen LogP contribution is -2.39. The van der Waals surface area contributed by atoms with Gasteiger partial charge in [-0.3, -0.25) is 9.59 Å². The first-order valence-electron chi connectivity index (χ1n) is 8.52. The maximum absolute atomic E-state index is 12.0. The van der Waals surface area contributed by atoms with Gasteiger partial charge in [0.15, 0.2) is 0 Å². The van der Waals surface area contributed by atoms with Crippen LogP contribution in [0.2, 0.25) is 0 Å². The van der Waals surface area contributed by atoms with E-state index in [1.54, 1.807) is 0 Å². The number of carbonyl (C=O) groups is 2. The van der Waals surface area contributed by atoms with Crippen LogP contribution in [0.15, 0.2) is 18.2 Å². The third-order valence-electron chi connectivity index (χ3n) is 4.26. The van der Waals surface area contributed by atoms with Gasteiger partial charge >= 0.3 is 0 Å². The van der Waals surface area contributed by atoms with E-state index in [-0.39, 0.29) is 18.4 Å². The smallest absolute Gasteiger partial charge is 0.239 e. The van der Waals surface area contributed by atoms with Crippen LogP contribution in [0, 0.1) is 6.92 Å².